The van der Waals surface area contributed by atoms with Crippen molar-refractivity contribution in [1.82, 2.24) is 0 Å². The molecule has 2 fully saturated rings. The van der Waals surface area contributed by atoms with Crippen molar-refractivity contribution in [3.8, 4) is 0 Å². The standard InChI is InChI=1S/C14H24OSi/c1-16(2,3)9-5-8-13-12-7-4-6-11(12)10-14(13)15/h5,9,11-13H,4,6-8,10H2,1-3H3/b9-5+/t11-,12-,13+/m1/s1. The molecule has 90 valence electrons. The van der Waals surface area contributed by atoms with E-state index < -0.39 is 8.07 Å². The molecule has 0 aliphatic heterocycles. The first-order valence-electron chi connectivity index (χ1n) is 6.68. The van der Waals surface area contributed by atoms with E-state index >= 15 is 0 Å². The number of ketones is 1. The predicted octanol–water partition coefficient (Wildman–Crippen LogP) is 3.82. The van der Waals surface area contributed by atoms with Crippen LogP contribution in [0.1, 0.15) is 32.1 Å². The van der Waals surface area contributed by atoms with Crippen molar-refractivity contribution in [2.24, 2.45) is 17.8 Å². The van der Waals surface area contributed by atoms with Crippen LogP contribution < -0.4 is 0 Å². The molecular weight excluding hydrogens is 212 g/mol. The van der Waals surface area contributed by atoms with Gasteiger partial charge in [-0.15, -0.1) is 0 Å². The second-order valence-corrected chi connectivity index (χ2v) is 11.7. The monoisotopic (exact) mass is 236 g/mol. The van der Waals surface area contributed by atoms with Crippen LogP contribution in [0.4, 0.5) is 0 Å². The highest BCUT2D eigenvalue weighted by atomic mass is 28.3. The maximum Gasteiger partial charge on any atom is 0.136 e. The van der Waals surface area contributed by atoms with Gasteiger partial charge >= 0.3 is 0 Å². The molecule has 0 heterocycles. The normalized spacial score (nSPS) is 34.9. The third kappa shape index (κ3) is 2.65. The summed E-state index contributed by atoms with van der Waals surface area (Å²) in [5.41, 5.74) is 2.39. The molecule has 1 nitrogen and oxygen atoms in total. The Morgan fingerprint density at radius 3 is 2.75 bits per heavy atom. The van der Waals surface area contributed by atoms with Gasteiger partial charge in [-0.1, -0.05) is 37.8 Å². The zero-order chi connectivity index (χ0) is 11.8. The third-order valence-electron chi connectivity index (χ3n) is 4.12. The largest absolute Gasteiger partial charge is 0.299 e. The summed E-state index contributed by atoms with van der Waals surface area (Å²) in [4.78, 5) is 11.9. The average molecular weight is 236 g/mol. The zero-order valence-electron chi connectivity index (χ0n) is 10.8. The van der Waals surface area contributed by atoms with Gasteiger partial charge in [-0.3, -0.25) is 4.79 Å². The maximum absolute atomic E-state index is 11.9. The smallest absolute Gasteiger partial charge is 0.136 e. The number of fused-ring (bicyclic) bond motifs is 1. The van der Waals surface area contributed by atoms with Crippen LogP contribution in [0.3, 0.4) is 0 Å². The third-order valence-corrected chi connectivity index (χ3v) is 5.36. The fraction of sp³-hybridized carbons (Fsp3) is 0.786. The number of carbonyl (C=O) groups is 1. The molecule has 2 saturated carbocycles. The lowest BCUT2D eigenvalue weighted by molar-refractivity contribution is -0.121. The van der Waals surface area contributed by atoms with Crippen molar-refractivity contribution >= 4 is 13.9 Å². The first-order chi connectivity index (χ1) is 7.47. The van der Waals surface area contributed by atoms with Crippen LogP contribution in [0.5, 0.6) is 0 Å². The number of allylic oxidation sites excluding steroid dienone is 1. The minimum absolute atomic E-state index is 0.375. The van der Waals surface area contributed by atoms with Gasteiger partial charge in [-0.25, -0.2) is 0 Å². The summed E-state index contributed by atoms with van der Waals surface area (Å²) < 4.78 is 0. The van der Waals surface area contributed by atoms with Crippen LogP contribution in [-0.2, 0) is 4.79 Å². The quantitative estimate of drug-likeness (QED) is 0.681. The van der Waals surface area contributed by atoms with Gasteiger partial charge in [0, 0.05) is 12.3 Å². The second-order valence-electron chi connectivity index (χ2n) is 6.64. The Bertz CT molecular complexity index is 300. The maximum atomic E-state index is 11.9. The molecule has 2 rings (SSSR count). The molecule has 2 aliphatic carbocycles. The van der Waals surface area contributed by atoms with E-state index in [0.717, 1.165) is 24.7 Å². The molecule has 0 spiro atoms. The Morgan fingerprint density at radius 2 is 2.06 bits per heavy atom. The molecule has 0 amide bonds. The molecule has 0 unspecified atom stereocenters. The second kappa shape index (κ2) is 4.48. The molecule has 0 bridgehead atoms. The molecule has 0 aromatic rings. The van der Waals surface area contributed by atoms with Crippen LogP contribution in [0, 0.1) is 17.8 Å². The van der Waals surface area contributed by atoms with E-state index in [1.807, 2.05) is 0 Å². The van der Waals surface area contributed by atoms with E-state index in [4.69, 9.17) is 0 Å². The van der Waals surface area contributed by atoms with Crippen LogP contribution in [0.2, 0.25) is 19.6 Å². The van der Waals surface area contributed by atoms with Crippen molar-refractivity contribution in [2.45, 2.75) is 51.7 Å². The molecular formula is C14H24OSi. The Morgan fingerprint density at radius 1 is 1.31 bits per heavy atom. The summed E-state index contributed by atoms with van der Waals surface area (Å²) in [5.74, 6) is 2.41. The summed E-state index contributed by atoms with van der Waals surface area (Å²) in [6.45, 7) is 7.04. The highest BCUT2D eigenvalue weighted by molar-refractivity contribution is 6.80. The van der Waals surface area contributed by atoms with Gasteiger partial charge in [0.1, 0.15) is 5.78 Å². The summed E-state index contributed by atoms with van der Waals surface area (Å²) >= 11 is 0. The Balaban J connectivity index is 1.94. The minimum Gasteiger partial charge on any atom is -0.299 e. The van der Waals surface area contributed by atoms with Gasteiger partial charge in [-0.2, -0.15) is 0 Å². The lowest BCUT2D eigenvalue weighted by Crippen LogP contribution is -2.17. The number of hydrogen-bond donors (Lipinski definition) is 0. The van der Waals surface area contributed by atoms with E-state index in [-0.39, 0.29) is 0 Å². The SMILES string of the molecule is C[Si](C)(C)/C=C/C[C@@H]1C(=O)C[C@H]2CCC[C@H]21. The Labute approximate surface area is 100 Å². The summed E-state index contributed by atoms with van der Waals surface area (Å²) in [7, 11) is -1.08. The first kappa shape index (κ1) is 12.1. The molecule has 2 heteroatoms. The minimum atomic E-state index is -1.08. The highest BCUT2D eigenvalue weighted by Gasteiger charge is 2.43. The van der Waals surface area contributed by atoms with Crippen LogP contribution in [0.15, 0.2) is 11.8 Å². The fourth-order valence-corrected chi connectivity index (χ4v) is 4.21. The summed E-state index contributed by atoms with van der Waals surface area (Å²) in [5, 5.41) is 0. The van der Waals surface area contributed by atoms with E-state index in [9.17, 15) is 4.79 Å². The number of carbonyl (C=O) groups excluding carboxylic acids is 1. The van der Waals surface area contributed by atoms with E-state index in [0.29, 0.717) is 11.7 Å². The van der Waals surface area contributed by atoms with Crippen LogP contribution in [-0.4, -0.2) is 13.9 Å². The van der Waals surface area contributed by atoms with Gasteiger partial charge < -0.3 is 0 Å². The first-order valence-corrected chi connectivity index (χ1v) is 10.3. The number of hydrogen-bond acceptors (Lipinski definition) is 1. The molecule has 16 heavy (non-hydrogen) atoms. The summed E-state index contributed by atoms with van der Waals surface area (Å²) in [6, 6.07) is 0. The van der Waals surface area contributed by atoms with Crippen molar-refractivity contribution in [2.75, 3.05) is 0 Å². The van der Waals surface area contributed by atoms with Crippen LogP contribution in [0.25, 0.3) is 0 Å². The topological polar surface area (TPSA) is 17.1 Å². The van der Waals surface area contributed by atoms with Gasteiger partial charge in [0.15, 0.2) is 0 Å². The van der Waals surface area contributed by atoms with Crippen molar-refractivity contribution < 1.29 is 4.79 Å². The summed E-state index contributed by atoms with van der Waals surface area (Å²) in [6.07, 6.45) is 8.18. The van der Waals surface area contributed by atoms with Crippen molar-refractivity contribution in [1.29, 1.82) is 0 Å². The molecule has 3 atom stereocenters. The molecule has 0 aromatic heterocycles. The lowest BCUT2D eigenvalue weighted by Gasteiger charge is -2.16. The Kier molecular flexibility index (Phi) is 3.39. The van der Waals surface area contributed by atoms with Crippen LogP contribution >= 0.6 is 0 Å². The van der Waals surface area contributed by atoms with Gasteiger partial charge in [0.2, 0.25) is 0 Å². The van der Waals surface area contributed by atoms with Gasteiger partial charge in [-0.05, 0) is 31.1 Å². The van der Waals surface area contributed by atoms with E-state index in [1.54, 1.807) is 0 Å². The van der Waals surface area contributed by atoms with E-state index in [2.05, 4.69) is 31.4 Å². The zero-order valence-corrected chi connectivity index (χ0v) is 11.8. The van der Waals surface area contributed by atoms with Crippen molar-refractivity contribution in [3.63, 3.8) is 0 Å². The van der Waals surface area contributed by atoms with Crippen molar-refractivity contribution in [3.05, 3.63) is 11.8 Å². The predicted molar refractivity (Wildman–Crippen MR) is 71.0 cm³/mol. The number of rotatable bonds is 3. The molecule has 0 N–H and O–H groups in total. The lowest BCUT2D eigenvalue weighted by atomic mass is 9.89. The number of Topliss-reactive ketones (excluding diaryl/α,β-unsaturated/α-hetero) is 1. The van der Waals surface area contributed by atoms with Gasteiger partial charge in [0.05, 0.1) is 8.07 Å². The fourth-order valence-electron chi connectivity index (χ4n) is 3.37. The molecule has 2 aliphatic rings. The average Bonchev–Trinajstić information content (AvgIpc) is 2.67. The molecule has 0 radical (unpaired) electrons. The van der Waals surface area contributed by atoms with Gasteiger partial charge in [0.25, 0.3) is 0 Å². The Hall–Kier alpha value is -0.373. The van der Waals surface area contributed by atoms with E-state index in [1.165, 1.54) is 19.3 Å². The highest BCUT2D eigenvalue weighted by Crippen LogP contribution is 2.46. The molecule has 0 saturated heterocycles. The molecule has 0 aromatic carbocycles.